The Labute approximate surface area is 132 Å². The third-order valence-electron chi connectivity index (χ3n) is 3.20. The minimum absolute atomic E-state index is 0.0758. The molecule has 0 radical (unpaired) electrons. The average Bonchev–Trinajstić information content (AvgIpc) is 3.07. The van der Waals surface area contributed by atoms with Crippen LogP contribution in [0.4, 0.5) is 18.0 Å². The fourth-order valence-electron chi connectivity index (χ4n) is 2.09. The molecule has 0 spiro atoms. The third kappa shape index (κ3) is 3.52. The maximum atomic E-state index is 12.7. The number of rotatable bonds is 3. The van der Waals surface area contributed by atoms with Gasteiger partial charge in [-0.25, -0.2) is 4.79 Å². The van der Waals surface area contributed by atoms with Crippen LogP contribution in [0.15, 0.2) is 0 Å². The molecule has 0 saturated carbocycles. The lowest BCUT2D eigenvalue weighted by Crippen LogP contribution is -2.46. The van der Waals surface area contributed by atoms with Gasteiger partial charge in [-0.3, -0.25) is 0 Å². The highest BCUT2D eigenvalue weighted by molar-refractivity contribution is 7.16. The first-order valence-corrected chi connectivity index (χ1v) is 7.65. The minimum Gasteiger partial charge on any atom is -0.378 e. The van der Waals surface area contributed by atoms with E-state index >= 15 is 0 Å². The number of fused-ring (bicyclic) bond motifs is 1. The molecule has 126 valence electrons. The molecule has 1 N–H and O–H groups in total. The number of carbonyl (C=O) groups excluding carboxylic acids is 1. The molecular formula is C11H13F3N6O2S. The number of carbonyl (C=O) groups is 1. The van der Waals surface area contributed by atoms with Crippen molar-refractivity contribution < 1.29 is 22.7 Å². The van der Waals surface area contributed by atoms with Crippen molar-refractivity contribution in [2.75, 3.05) is 32.8 Å². The van der Waals surface area contributed by atoms with E-state index in [0.717, 1.165) is 11.3 Å². The Balaban J connectivity index is 1.57. The zero-order valence-corrected chi connectivity index (χ0v) is 12.7. The first kappa shape index (κ1) is 15.9. The molecule has 0 unspecified atom stereocenters. The highest BCUT2D eigenvalue weighted by Crippen LogP contribution is 2.28. The fourth-order valence-corrected chi connectivity index (χ4v) is 2.92. The molecule has 12 heteroatoms. The van der Waals surface area contributed by atoms with E-state index in [0.29, 0.717) is 42.2 Å². The predicted octanol–water partition coefficient (Wildman–Crippen LogP) is 0.789. The molecule has 0 bridgehead atoms. The van der Waals surface area contributed by atoms with Crippen LogP contribution in [-0.2, 0) is 17.3 Å². The molecule has 23 heavy (non-hydrogen) atoms. The van der Waals surface area contributed by atoms with Crippen molar-refractivity contribution in [1.29, 1.82) is 0 Å². The van der Waals surface area contributed by atoms with E-state index in [2.05, 4.69) is 20.6 Å². The van der Waals surface area contributed by atoms with Gasteiger partial charge >= 0.3 is 12.2 Å². The Morgan fingerprint density at radius 1 is 1.30 bits per heavy atom. The number of amides is 2. The Kier molecular flexibility index (Phi) is 4.35. The fraction of sp³-hybridized carbons (Fsp3) is 0.636. The van der Waals surface area contributed by atoms with Crippen LogP contribution in [-0.4, -0.2) is 63.6 Å². The van der Waals surface area contributed by atoms with Crippen molar-refractivity contribution in [2.24, 2.45) is 0 Å². The standard InChI is InChI=1S/C11H13F3N6O2S/c12-11(13,14)8-16-17-10-20(8)18-7(23-10)1-2-15-9(21)19-3-5-22-6-4-19/h1-6H2,(H,15,21). The Morgan fingerprint density at radius 3 is 2.74 bits per heavy atom. The van der Waals surface area contributed by atoms with E-state index < -0.39 is 12.0 Å². The number of nitrogens with one attached hydrogen (secondary N) is 1. The lowest BCUT2D eigenvalue weighted by atomic mass is 10.4. The lowest BCUT2D eigenvalue weighted by molar-refractivity contribution is -0.146. The number of hydrogen-bond acceptors (Lipinski definition) is 6. The van der Waals surface area contributed by atoms with Crippen molar-refractivity contribution in [3.63, 3.8) is 0 Å². The van der Waals surface area contributed by atoms with E-state index in [9.17, 15) is 18.0 Å². The SMILES string of the molecule is O=C(NCCc1nn2c(C(F)(F)F)nnc2s1)N1CCOCC1. The molecular weight excluding hydrogens is 337 g/mol. The van der Waals surface area contributed by atoms with Crippen LogP contribution in [0.2, 0.25) is 0 Å². The van der Waals surface area contributed by atoms with Gasteiger partial charge in [0, 0.05) is 26.1 Å². The van der Waals surface area contributed by atoms with Gasteiger partial charge in [-0.15, -0.1) is 10.2 Å². The van der Waals surface area contributed by atoms with Crippen LogP contribution >= 0.6 is 11.3 Å². The van der Waals surface area contributed by atoms with Crippen molar-refractivity contribution >= 4 is 22.3 Å². The first-order valence-electron chi connectivity index (χ1n) is 6.84. The molecule has 0 aromatic carbocycles. The van der Waals surface area contributed by atoms with Crippen molar-refractivity contribution in [1.82, 2.24) is 30.0 Å². The second-order valence-corrected chi connectivity index (χ2v) is 5.83. The number of alkyl halides is 3. The number of aromatic nitrogens is 4. The van der Waals surface area contributed by atoms with Gasteiger partial charge in [0.15, 0.2) is 0 Å². The Bertz CT molecular complexity index is 694. The van der Waals surface area contributed by atoms with Gasteiger partial charge in [0.25, 0.3) is 5.82 Å². The summed E-state index contributed by atoms with van der Waals surface area (Å²) in [7, 11) is 0. The highest BCUT2D eigenvalue weighted by Gasteiger charge is 2.38. The molecule has 2 aromatic heterocycles. The molecule has 3 heterocycles. The van der Waals surface area contributed by atoms with E-state index in [1.807, 2.05) is 0 Å². The molecule has 0 atom stereocenters. The van der Waals surface area contributed by atoms with Gasteiger partial charge in [-0.1, -0.05) is 11.3 Å². The number of halogens is 3. The summed E-state index contributed by atoms with van der Waals surface area (Å²) in [6.07, 6.45) is -4.28. The monoisotopic (exact) mass is 350 g/mol. The average molecular weight is 350 g/mol. The molecule has 2 amide bonds. The van der Waals surface area contributed by atoms with Crippen molar-refractivity contribution in [2.45, 2.75) is 12.6 Å². The van der Waals surface area contributed by atoms with Crippen LogP contribution in [0.25, 0.3) is 4.96 Å². The van der Waals surface area contributed by atoms with Gasteiger partial charge in [-0.05, 0) is 0 Å². The number of hydrogen-bond donors (Lipinski definition) is 1. The summed E-state index contributed by atoms with van der Waals surface area (Å²) in [5, 5.41) is 13.6. The quantitative estimate of drug-likeness (QED) is 0.885. The first-order chi connectivity index (χ1) is 10.9. The summed E-state index contributed by atoms with van der Waals surface area (Å²) < 4.78 is 43.9. The normalized spacial score (nSPS) is 16.0. The van der Waals surface area contributed by atoms with Gasteiger partial charge in [0.05, 0.1) is 13.2 Å². The van der Waals surface area contributed by atoms with Crippen molar-refractivity contribution in [3.05, 3.63) is 10.8 Å². The molecule has 1 aliphatic heterocycles. The number of urea groups is 1. The zero-order valence-electron chi connectivity index (χ0n) is 11.8. The topological polar surface area (TPSA) is 84.7 Å². The molecule has 0 aliphatic carbocycles. The van der Waals surface area contributed by atoms with Crippen LogP contribution in [0.5, 0.6) is 0 Å². The molecule has 1 fully saturated rings. The zero-order chi connectivity index (χ0) is 16.4. The minimum atomic E-state index is -4.60. The maximum absolute atomic E-state index is 12.7. The van der Waals surface area contributed by atoms with E-state index in [4.69, 9.17) is 4.74 Å². The number of morpholine rings is 1. The van der Waals surface area contributed by atoms with Crippen LogP contribution in [0.3, 0.4) is 0 Å². The maximum Gasteiger partial charge on any atom is 0.453 e. The van der Waals surface area contributed by atoms with Crippen LogP contribution in [0, 0.1) is 0 Å². The Hall–Kier alpha value is -1.95. The van der Waals surface area contributed by atoms with E-state index in [1.165, 1.54) is 0 Å². The van der Waals surface area contributed by atoms with Gasteiger partial charge in [0.2, 0.25) is 4.96 Å². The van der Waals surface area contributed by atoms with Gasteiger partial charge in [0.1, 0.15) is 5.01 Å². The molecule has 1 saturated heterocycles. The summed E-state index contributed by atoms with van der Waals surface area (Å²) in [6, 6.07) is -0.215. The molecule has 3 rings (SSSR count). The third-order valence-corrected chi connectivity index (χ3v) is 4.16. The Morgan fingerprint density at radius 2 is 2.04 bits per heavy atom. The highest BCUT2D eigenvalue weighted by atomic mass is 32.1. The number of nitrogens with zero attached hydrogens (tertiary/aromatic N) is 5. The summed E-state index contributed by atoms with van der Waals surface area (Å²) in [4.78, 5) is 13.6. The second-order valence-electron chi connectivity index (χ2n) is 4.79. The van der Waals surface area contributed by atoms with Crippen molar-refractivity contribution in [3.8, 4) is 0 Å². The molecule has 2 aromatic rings. The smallest absolute Gasteiger partial charge is 0.378 e. The van der Waals surface area contributed by atoms with E-state index in [-0.39, 0.29) is 17.5 Å². The van der Waals surface area contributed by atoms with Gasteiger partial charge in [-0.2, -0.15) is 22.8 Å². The van der Waals surface area contributed by atoms with E-state index in [1.54, 1.807) is 4.90 Å². The second kappa shape index (κ2) is 6.28. The molecule has 8 nitrogen and oxygen atoms in total. The van der Waals surface area contributed by atoms with Crippen LogP contribution in [0.1, 0.15) is 10.8 Å². The lowest BCUT2D eigenvalue weighted by Gasteiger charge is -2.26. The predicted molar refractivity (Wildman–Crippen MR) is 73.2 cm³/mol. The molecule has 1 aliphatic rings. The van der Waals surface area contributed by atoms with Crippen LogP contribution < -0.4 is 5.32 Å². The largest absolute Gasteiger partial charge is 0.453 e. The summed E-state index contributed by atoms with van der Waals surface area (Å²) >= 11 is 1.01. The van der Waals surface area contributed by atoms with Gasteiger partial charge < -0.3 is 15.0 Å². The number of ether oxygens (including phenoxy) is 1. The summed E-state index contributed by atoms with van der Waals surface area (Å²) in [5.74, 6) is -1.15. The summed E-state index contributed by atoms with van der Waals surface area (Å²) in [5.41, 5.74) is 0. The summed E-state index contributed by atoms with van der Waals surface area (Å²) in [6.45, 7) is 2.34.